The summed E-state index contributed by atoms with van der Waals surface area (Å²) in [6, 6.07) is 14.0. The Balaban J connectivity index is 1.66. The first kappa shape index (κ1) is 22.9. The fraction of sp³-hybridized carbons (Fsp3) is 0.435. The van der Waals surface area contributed by atoms with Gasteiger partial charge >= 0.3 is 0 Å². The van der Waals surface area contributed by atoms with Gasteiger partial charge in [0.25, 0.3) is 5.91 Å². The van der Waals surface area contributed by atoms with Crippen LogP contribution in [-0.4, -0.2) is 59.0 Å². The first-order valence-corrected chi connectivity index (χ1v) is 11.7. The van der Waals surface area contributed by atoms with Crippen LogP contribution in [0.15, 0.2) is 48.5 Å². The molecule has 1 unspecified atom stereocenters. The van der Waals surface area contributed by atoms with E-state index in [1.165, 1.54) is 12.1 Å². The number of ether oxygens (including phenoxy) is 1. The number of thioether (sulfide) groups is 1. The molecule has 1 aliphatic heterocycles. The van der Waals surface area contributed by atoms with Gasteiger partial charge in [-0.05, 0) is 55.1 Å². The highest BCUT2D eigenvalue weighted by Crippen LogP contribution is 2.26. The molecule has 7 heteroatoms. The first-order valence-electron chi connectivity index (χ1n) is 10.1. The van der Waals surface area contributed by atoms with E-state index < -0.39 is 0 Å². The summed E-state index contributed by atoms with van der Waals surface area (Å²) in [4.78, 5) is 17.2. The summed E-state index contributed by atoms with van der Waals surface area (Å²) in [5.74, 6) is 0.388. The molecule has 1 heterocycles. The number of piperazine rings is 1. The van der Waals surface area contributed by atoms with Crippen molar-refractivity contribution in [2.24, 2.45) is 0 Å². The normalized spacial score (nSPS) is 20.8. The SMILES string of the molecule is CSC(C)[C@@H]1CN(C(=O)COc2ccc(Cl)cc2)[C@H](C)CN1Cc1ccc(F)cc1. The Labute approximate surface area is 187 Å². The molecule has 0 N–H and O–H groups in total. The standard InChI is InChI=1S/C23H28ClFN2O2S/c1-16-12-26(13-18-4-8-20(25)9-5-18)22(17(2)30-3)14-27(16)23(28)15-29-21-10-6-19(24)7-11-21/h4-11,16-17,22H,12-15H2,1-3H3/t16-,17?,22+/m1/s1. The number of nitrogens with zero attached hydrogens (tertiary/aromatic N) is 2. The molecule has 1 saturated heterocycles. The van der Waals surface area contributed by atoms with Crippen LogP contribution in [-0.2, 0) is 11.3 Å². The number of benzene rings is 2. The van der Waals surface area contributed by atoms with Gasteiger partial charge in [-0.25, -0.2) is 4.39 Å². The van der Waals surface area contributed by atoms with E-state index in [2.05, 4.69) is 25.0 Å². The van der Waals surface area contributed by atoms with E-state index in [4.69, 9.17) is 16.3 Å². The van der Waals surface area contributed by atoms with Gasteiger partial charge in [0.05, 0.1) is 0 Å². The highest BCUT2D eigenvalue weighted by molar-refractivity contribution is 7.99. The second kappa shape index (κ2) is 10.5. The maximum Gasteiger partial charge on any atom is 0.260 e. The number of rotatable bonds is 7. The van der Waals surface area contributed by atoms with Gasteiger partial charge in [-0.3, -0.25) is 9.69 Å². The third kappa shape index (κ3) is 5.90. The Morgan fingerprint density at radius 3 is 2.50 bits per heavy atom. The van der Waals surface area contributed by atoms with Crippen LogP contribution < -0.4 is 4.74 Å². The lowest BCUT2D eigenvalue weighted by Crippen LogP contribution is -2.61. The van der Waals surface area contributed by atoms with Crippen LogP contribution in [0.25, 0.3) is 0 Å². The van der Waals surface area contributed by atoms with Crippen molar-refractivity contribution in [2.75, 3.05) is 26.0 Å². The highest BCUT2D eigenvalue weighted by Gasteiger charge is 2.36. The van der Waals surface area contributed by atoms with E-state index in [1.54, 1.807) is 36.0 Å². The number of halogens is 2. The zero-order valence-electron chi connectivity index (χ0n) is 17.6. The lowest BCUT2D eigenvalue weighted by molar-refractivity contribution is -0.139. The summed E-state index contributed by atoms with van der Waals surface area (Å²) in [7, 11) is 0. The smallest absolute Gasteiger partial charge is 0.260 e. The molecule has 162 valence electrons. The summed E-state index contributed by atoms with van der Waals surface area (Å²) in [5.41, 5.74) is 1.08. The summed E-state index contributed by atoms with van der Waals surface area (Å²) < 4.78 is 18.9. The van der Waals surface area contributed by atoms with Crippen molar-refractivity contribution in [1.29, 1.82) is 0 Å². The Morgan fingerprint density at radius 1 is 1.20 bits per heavy atom. The van der Waals surface area contributed by atoms with Crippen molar-refractivity contribution < 1.29 is 13.9 Å². The predicted molar refractivity (Wildman–Crippen MR) is 122 cm³/mol. The highest BCUT2D eigenvalue weighted by atomic mass is 35.5. The van der Waals surface area contributed by atoms with E-state index in [-0.39, 0.29) is 30.4 Å². The topological polar surface area (TPSA) is 32.8 Å². The summed E-state index contributed by atoms with van der Waals surface area (Å²) >= 11 is 7.69. The molecule has 0 aliphatic carbocycles. The van der Waals surface area contributed by atoms with Gasteiger partial charge in [0.15, 0.2) is 6.61 Å². The fourth-order valence-electron chi connectivity index (χ4n) is 3.79. The molecular weight excluding hydrogens is 423 g/mol. The van der Waals surface area contributed by atoms with E-state index in [0.29, 0.717) is 22.6 Å². The molecule has 0 radical (unpaired) electrons. The molecule has 3 atom stereocenters. The molecule has 2 aromatic carbocycles. The zero-order chi connectivity index (χ0) is 21.7. The van der Waals surface area contributed by atoms with Gasteiger partial charge < -0.3 is 9.64 Å². The Bertz CT molecular complexity index is 834. The van der Waals surface area contributed by atoms with E-state index in [1.807, 2.05) is 17.0 Å². The number of hydrogen-bond donors (Lipinski definition) is 0. The minimum Gasteiger partial charge on any atom is -0.484 e. The van der Waals surface area contributed by atoms with E-state index in [9.17, 15) is 9.18 Å². The fourth-order valence-corrected chi connectivity index (χ4v) is 4.48. The molecular formula is C23H28ClFN2O2S. The molecule has 0 bridgehead atoms. The van der Waals surface area contributed by atoms with Gasteiger partial charge in [-0.1, -0.05) is 30.7 Å². The zero-order valence-corrected chi connectivity index (χ0v) is 19.1. The van der Waals surface area contributed by atoms with Crippen molar-refractivity contribution in [3.05, 3.63) is 64.9 Å². The Morgan fingerprint density at radius 2 is 1.87 bits per heavy atom. The van der Waals surface area contributed by atoms with Crippen molar-refractivity contribution in [3.8, 4) is 5.75 Å². The van der Waals surface area contributed by atoms with Gasteiger partial charge in [0, 0.05) is 42.0 Å². The molecule has 0 aromatic heterocycles. The first-order chi connectivity index (χ1) is 14.4. The van der Waals surface area contributed by atoms with Crippen LogP contribution in [0.1, 0.15) is 19.4 Å². The summed E-state index contributed by atoms with van der Waals surface area (Å²) in [6.45, 7) is 6.41. The average Bonchev–Trinajstić information content (AvgIpc) is 2.74. The van der Waals surface area contributed by atoms with E-state index in [0.717, 1.165) is 18.7 Å². The van der Waals surface area contributed by atoms with Crippen molar-refractivity contribution in [2.45, 2.75) is 37.7 Å². The largest absolute Gasteiger partial charge is 0.484 e. The maximum atomic E-state index is 13.3. The molecule has 30 heavy (non-hydrogen) atoms. The van der Waals surface area contributed by atoms with Crippen molar-refractivity contribution in [1.82, 2.24) is 9.80 Å². The number of carbonyl (C=O) groups is 1. The van der Waals surface area contributed by atoms with Crippen molar-refractivity contribution >= 4 is 29.3 Å². The van der Waals surface area contributed by atoms with Gasteiger partial charge in [-0.2, -0.15) is 11.8 Å². The Hall–Kier alpha value is -1.76. The predicted octanol–water partition coefficient (Wildman–Crippen LogP) is 4.71. The second-order valence-electron chi connectivity index (χ2n) is 7.70. The van der Waals surface area contributed by atoms with E-state index >= 15 is 0 Å². The van der Waals surface area contributed by atoms with Gasteiger partial charge in [-0.15, -0.1) is 0 Å². The van der Waals surface area contributed by atoms with Gasteiger partial charge in [0.1, 0.15) is 11.6 Å². The third-order valence-corrected chi connectivity index (χ3v) is 6.90. The second-order valence-corrected chi connectivity index (χ2v) is 9.35. The molecule has 1 aliphatic rings. The number of hydrogen-bond acceptors (Lipinski definition) is 4. The van der Waals surface area contributed by atoms with Crippen LogP contribution in [0, 0.1) is 5.82 Å². The van der Waals surface area contributed by atoms with Crippen LogP contribution in [0.5, 0.6) is 5.75 Å². The molecule has 4 nitrogen and oxygen atoms in total. The van der Waals surface area contributed by atoms with Gasteiger partial charge in [0.2, 0.25) is 0 Å². The van der Waals surface area contributed by atoms with Crippen molar-refractivity contribution in [3.63, 3.8) is 0 Å². The Kier molecular flexibility index (Phi) is 8.03. The molecule has 0 spiro atoms. The molecule has 3 rings (SSSR count). The number of carbonyl (C=O) groups excluding carboxylic acids is 1. The minimum atomic E-state index is -0.225. The molecule has 0 saturated carbocycles. The number of amides is 1. The monoisotopic (exact) mass is 450 g/mol. The average molecular weight is 451 g/mol. The van der Waals surface area contributed by atoms with Crippen LogP contribution in [0.4, 0.5) is 4.39 Å². The lowest BCUT2D eigenvalue weighted by Gasteiger charge is -2.47. The maximum absolute atomic E-state index is 13.3. The molecule has 1 amide bonds. The van der Waals surface area contributed by atoms with Crippen LogP contribution in [0.2, 0.25) is 5.02 Å². The molecule has 2 aromatic rings. The van der Waals surface area contributed by atoms with Crippen LogP contribution >= 0.6 is 23.4 Å². The minimum absolute atomic E-state index is 0.00427. The quantitative estimate of drug-likeness (QED) is 0.611. The van der Waals surface area contributed by atoms with Crippen LogP contribution in [0.3, 0.4) is 0 Å². The third-order valence-electron chi connectivity index (χ3n) is 5.59. The molecule has 1 fully saturated rings. The lowest BCUT2D eigenvalue weighted by atomic mass is 10.0. The summed E-state index contributed by atoms with van der Waals surface area (Å²) in [5, 5.41) is 0.985. The summed E-state index contributed by atoms with van der Waals surface area (Å²) in [6.07, 6.45) is 2.09.